The molecule has 2 N–H and O–H groups in total. The van der Waals surface area contributed by atoms with Gasteiger partial charge in [-0.05, 0) is 18.2 Å². The van der Waals surface area contributed by atoms with Gasteiger partial charge in [0, 0.05) is 23.1 Å². The Kier molecular flexibility index (Phi) is 5.98. The number of benzene rings is 2. The third-order valence-electron chi connectivity index (χ3n) is 3.10. The first-order valence-corrected chi connectivity index (χ1v) is 7.53. The minimum atomic E-state index is -1.23. The maximum absolute atomic E-state index is 11.2. The molecule has 0 saturated heterocycles. The highest BCUT2D eigenvalue weighted by molar-refractivity contribution is 6.31. The molecule has 5 nitrogen and oxygen atoms in total. The van der Waals surface area contributed by atoms with Gasteiger partial charge in [-0.3, -0.25) is 4.79 Å². The van der Waals surface area contributed by atoms with Crippen molar-refractivity contribution >= 4 is 29.6 Å². The maximum atomic E-state index is 11.2. The molecule has 0 aliphatic carbocycles. The van der Waals surface area contributed by atoms with Gasteiger partial charge < -0.3 is 15.2 Å². The topological polar surface area (TPSA) is 75.6 Å². The maximum Gasteiger partial charge on any atom is 0.352 e. The summed E-state index contributed by atoms with van der Waals surface area (Å²) in [5.74, 6) is -1.20. The first-order chi connectivity index (χ1) is 11.5. The van der Waals surface area contributed by atoms with Crippen LogP contribution in [0.5, 0.6) is 5.75 Å². The molecule has 1 amide bonds. The lowest BCUT2D eigenvalue weighted by molar-refractivity contribution is -0.134. The van der Waals surface area contributed by atoms with E-state index in [2.05, 4.69) is 5.32 Å². The van der Waals surface area contributed by atoms with E-state index >= 15 is 0 Å². The van der Waals surface area contributed by atoms with Gasteiger partial charge in [0.2, 0.25) is 5.91 Å². The van der Waals surface area contributed by atoms with Crippen LogP contribution in [0.15, 0.2) is 54.2 Å². The van der Waals surface area contributed by atoms with Crippen molar-refractivity contribution in [3.8, 4) is 5.75 Å². The number of hydrogen-bond acceptors (Lipinski definition) is 3. The number of carboxylic acids is 1. The second kappa shape index (κ2) is 8.17. The number of amides is 1. The first-order valence-electron chi connectivity index (χ1n) is 7.15. The number of carboxylic acid groups (broad SMARTS) is 1. The molecular formula is C18H16ClNO4. The van der Waals surface area contributed by atoms with Crippen LogP contribution < -0.4 is 10.1 Å². The number of nitrogens with one attached hydrogen (secondary N) is 1. The fraction of sp³-hybridized carbons (Fsp3) is 0.111. The van der Waals surface area contributed by atoms with Gasteiger partial charge in [-0.15, -0.1) is 0 Å². The third kappa shape index (κ3) is 4.86. The zero-order valence-corrected chi connectivity index (χ0v) is 13.7. The van der Waals surface area contributed by atoms with Crippen molar-refractivity contribution in [3.63, 3.8) is 0 Å². The minimum absolute atomic E-state index is 0.226. The molecule has 2 rings (SSSR count). The zero-order chi connectivity index (χ0) is 17.5. The molecule has 0 saturated carbocycles. The van der Waals surface area contributed by atoms with E-state index in [9.17, 15) is 14.7 Å². The quantitative estimate of drug-likeness (QED) is 0.786. The molecule has 0 heterocycles. The van der Waals surface area contributed by atoms with Crippen LogP contribution in [0.4, 0.5) is 0 Å². The fourth-order valence-corrected chi connectivity index (χ4v) is 2.19. The number of para-hydroxylation sites is 1. The van der Waals surface area contributed by atoms with Crippen molar-refractivity contribution in [3.05, 3.63) is 70.4 Å². The van der Waals surface area contributed by atoms with Crippen molar-refractivity contribution in [1.29, 1.82) is 0 Å². The van der Waals surface area contributed by atoms with Gasteiger partial charge in [0.05, 0.1) is 0 Å². The average Bonchev–Trinajstić information content (AvgIpc) is 2.54. The normalized spacial score (nSPS) is 11.0. The van der Waals surface area contributed by atoms with E-state index in [0.29, 0.717) is 16.3 Å². The predicted octanol–water partition coefficient (Wildman–Crippen LogP) is 3.48. The summed E-state index contributed by atoms with van der Waals surface area (Å²) in [5, 5.41) is 12.1. The summed E-state index contributed by atoms with van der Waals surface area (Å²) in [6, 6.07) is 14.2. The van der Waals surface area contributed by atoms with Crippen LogP contribution in [0.3, 0.4) is 0 Å². The lowest BCUT2D eigenvalue weighted by atomic mass is 10.1. The van der Waals surface area contributed by atoms with E-state index < -0.39 is 11.9 Å². The molecule has 0 aliphatic heterocycles. The second-order valence-electron chi connectivity index (χ2n) is 4.96. The summed E-state index contributed by atoms with van der Waals surface area (Å²) >= 11 is 6.10. The van der Waals surface area contributed by atoms with Crippen LogP contribution in [0.1, 0.15) is 18.1 Å². The number of rotatable bonds is 6. The van der Waals surface area contributed by atoms with E-state index in [1.165, 1.54) is 13.0 Å². The Labute approximate surface area is 144 Å². The van der Waals surface area contributed by atoms with Gasteiger partial charge in [-0.2, -0.15) is 0 Å². The molecule has 124 valence electrons. The van der Waals surface area contributed by atoms with Crippen molar-refractivity contribution < 1.29 is 19.4 Å². The summed E-state index contributed by atoms with van der Waals surface area (Å²) in [6.07, 6.45) is 1.35. The van der Waals surface area contributed by atoms with E-state index in [1.54, 1.807) is 30.3 Å². The molecule has 0 aliphatic rings. The van der Waals surface area contributed by atoms with Crippen LogP contribution >= 0.6 is 11.6 Å². The van der Waals surface area contributed by atoms with E-state index in [4.69, 9.17) is 16.3 Å². The molecule has 0 spiro atoms. The summed E-state index contributed by atoms with van der Waals surface area (Å²) in [6.45, 7) is 1.49. The summed E-state index contributed by atoms with van der Waals surface area (Å²) < 4.78 is 5.75. The van der Waals surface area contributed by atoms with Gasteiger partial charge in [0.1, 0.15) is 18.1 Å². The van der Waals surface area contributed by atoms with Crippen LogP contribution in [0.25, 0.3) is 6.08 Å². The minimum Gasteiger partial charge on any atom is -0.488 e. The van der Waals surface area contributed by atoms with E-state index in [1.807, 2.05) is 18.2 Å². The van der Waals surface area contributed by atoms with E-state index in [-0.39, 0.29) is 12.3 Å². The van der Waals surface area contributed by atoms with Crippen LogP contribution in [-0.4, -0.2) is 17.0 Å². The monoisotopic (exact) mass is 345 g/mol. The molecule has 24 heavy (non-hydrogen) atoms. The number of ether oxygens (including phenoxy) is 1. The van der Waals surface area contributed by atoms with Crippen LogP contribution in [-0.2, 0) is 16.2 Å². The van der Waals surface area contributed by atoms with Crippen molar-refractivity contribution in [2.45, 2.75) is 13.5 Å². The summed E-state index contributed by atoms with van der Waals surface area (Å²) in [4.78, 5) is 22.4. The molecule has 0 fully saturated rings. The van der Waals surface area contributed by atoms with Gasteiger partial charge in [-0.25, -0.2) is 4.79 Å². The van der Waals surface area contributed by atoms with E-state index in [0.717, 1.165) is 5.56 Å². The number of halogens is 1. The van der Waals surface area contributed by atoms with Crippen molar-refractivity contribution in [2.75, 3.05) is 0 Å². The van der Waals surface area contributed by atoms with Crippen molar-refractivity contribution in [2.24, 2.45) is 0 Å². The van der Waals surface area contributed by atoms with Gasteiger partial charge >= 0.3 is 5.97 Å². The fourth-order valence-electron chi connectivity index (χ4n) is 2.00. The molecule has 0 radical (unpaired) electrons. The lowest BCUT2D eigenvalue weighted by Crippen LogP contribution is -2.24. The van der Waals surface area contributed by atoms with Gasteiger partial charge in [0.15, 0.2) is 0 Å². The molecule has 0 bridgehead atoms. The average molecular weight is 346 g/mol. The smallest absolute Gasteiger partial charge is 0.352 e. The predicted molar refractivity (Wildman–Crippen MR) is 91.7 cm³/mol. The molecule has 0 aromatic heterocycles. The Morgan fingerprint density at radius 2 is 1.83 bits per heavy atom. The third-order valence-corrected chi connectivity index (χ3v) is 3.47. The Bertz CT molecular complexity index is 786. The van der Waals surface area contributed by atoms with Crippen LogP contribution in [0.2, 0.25) is 5.02 Å². The Hall–Kier alpha value is -2.79. The molecule has 0 atom stereocenters. The van der Waals surface area contributed by atoms with Gasteiger partial charge in [0.25, 0.3) is 0 Å². The highest BCUT2D eigenvalue weighted by Crippen LogP contribution is 2.23. The highest BCUT2D eigenvalue weighted by Gasteiger charge is 2.11. The first kappa shape index (κ1) is 17.6. The number of carbonyl (C=O) groups is 2. The zero-order valence-electron chi connectivity index (χ0n) is 13.0. The molecular weight excluding hydrogens is 330 g/mol. The Morgan fingerprint density at radius 1 is 1.17 bits per heavy atom. The number of carbonyl (C=O) groups excluding carboxylic acids is 1. The number of hydrogen-bond donors (Lipinski definition) is 2. The summed E-state index contributed by atoms with van der Waals surface area (Å²) in [5.41, 5.74) is 1.13. The molecule has 2 aromatic carbocycles. The Balaban J connectivity index is 2.25. The number of aliphatic carboxylic acids is 1. The van der Waals surface area contributed by atoms with Crippen LogP contribution in [0, 0.1) is 0 Å². The largest absolute Gasteiger partial charge is 0.488 e. The second-order valence-corrected chi connectivity index (χ2v) is 5.37. The molecule has 2 aromatic rings. The highest BCUT2D eigenvalue weighted by atomic mass is 35.5. The lowest BCUT2D eigenvalue weighted by Gasteiger charge is -2.11. The van der Waals surface area contributed by atoms with Crippen molar-refractivity contribution in [1.82, 2.24) is 5.32 Å². The Morgan fingerprint density at radius 3 is 2.50 bits per heavy atom. The standard InChI is InChI=1S/C18H16ClNO4/c1-12(21)20-16(18(22)23)10-13-6-3-5-9-17(13)24-11-14-7-2-4-8-15(14)19/h2-10H,11H2,1H3,(H,20,21)(H,22,23). The molecule has 6 heteroatoms. The van der Waals surface area contributed by atoms with Gasteiger partial charge in [-0.1, -0.05) is 48.0 Å². The SMILES string of the molecule is CC(=O)NC(=Cc1ccccc1OCc1ccccc1Cl)C(=O)O. The summed E-state index contributed by atoms with van der Waals surface area (Å²) in [7, 11) is 0. The molecule has 0 unspecified atom stereocenters.